The summed E-state index contributed by atoms with van der Waals surface area (Å²) in [5.41, 5.74) is -0.562. The first-order valence-corrected chi connectivity index (χ1v) is 10.2. The molecule has 0 bridgehead atoms. The van der Waals surface area contributed by atoms with Gasteiger partial charge in [-0.1, -0.05) is 12.8 Å². The molecule has 0 heterocycles. The summed E-state index contributed by atoms with van der Waals surface area (Å²) in [6, 6.07) is 1.61. The zero-order valence-corrected chi connectivity index (χ0v) is 17.1. The molecule has 0 aliphatic heterocycles. The van der Waals surface area contributed by atoms with Crippen LogP contribution in [0.1, 0.15) is 66.4 Å². The van der Waals surface area contributed by atoms with Crippen LogP contribution in [0.3, 0.4) is 0 Å². The van der Waals surface area contributed by atoms with Gasteiger partial charge in [0.2, 0.25) is 0 Å². The number of methoxy groups -OCH3 is 1. The summed E-state index contributed by atoms with van der Waals surface area (Å²) in [5, 5.41) is 6.68. The number of hydrogen-bond donors (Lipinski definition) is 3. The van der Waals surface area contributed by atoms with Gasteiger partial charge in [-0.15, -0.1) is 12.6 Å². The molecule has 2 unspecified atom stereocenters. The first kappa shape index (κ1) is 21.3. The normalized spacial score (nSPS) is 23.2. The number of carbonyl (C=O) groups excluding carboxylic acids is 1. The lowest BCUT2D eigenvalue weighted by Crippen LogP contribution is -2.49. The van der Waals surface area contributed by atoms with Gasteiger partial charge in [0.25, 0.3) is 5.91 Å². The van der Waals surface area contributed by atoms with Crippen LogP contribution in [0.5, 0.6) is 5.75 Å². The number of benzene rings is 1. The first-order chi connectivity index (χ1) is 13.2. The fourth-order valence-electron chi connectivity index (χ4n) is 4.44. The quantitative estimate of drug-likeness (QED) is 0.620. The number of thiol groups is 1. The maximum atomic E-state index is 13.2. The Morgan fingerprint density at radius 1 is 1.14 bits per heavy atom. The molecule has 4 nitrogen and oxygen atoms in total. The second-order valence-corrected chi connectivity index (χ2v) is 8.21. The molecule has 156 valence electrons. The van der Waals surface area contributed by atoms with E-state index >= 15 is 0 Å². The smallest absolute Gasteiger partial charge is 0.417 e. The van der Waals surface area contributed by atoms with Crippen LogP contribution in [0.15, 0.2) is 11.0 Å². The molecule has 2 aliphatic carbocycles. The fraction of sp³-hybridized carbons (Fsp3) is 0.650. The van der Waals surface area contributed by atoms with Gasteiger partial charge in [0.05, 0.1) is 23.1 Å². The van der Waals surface area contributed by atoms with Crippen LogP contribution < -0.4 is 15.4 Å². The van der Waals surface area contributed by atoms with Gasteiger partial charge in [-0.25, -0.2) is 0 Å². The van der Waals surface area contributed by atoms with E-state index in [1.165, 1.54) is 26.9 Å². The molecule has 2 atom stereocenters. The number of amides is 1. The molecule has 0 spiro atoms. The molecular formula is C20H27F3N2O2S. The van der Waals surface area contributed by atoms with E-state index in [1.807, 2.05) is 0 Å². The summed E-state index contributed by atoms with van der Waals surface area (Å²) in [4.78, 5) is 12.6. The molecular weight excluding hydrogens is 389 g/mol. The third-order valence-corrected chi connectivity index (χ3v) is 6.27. The van der Waals surface area contributed by atoms with Gasteiger partial charge in [-0.3, -0.25) is 4.79 Å². The molecule has 1 amide bonds. The zero-order chi connectivity index (χ0) is 20.5. The highest BCUT2D eigenvalue weighted by Crippen LogP contribution is 2.41. The largest absolute Gasteiger partial charge is 0.495 e. The SMILES string of the molecule is COc1c(S)c(C(F)(F)F)cc(C)c1C(=O)NC1CCCC1NC1CCCC1. The third-order valence-electron chi connectivity index (χ3n) is 5.83. The molecule has 1 aromatic carbocycles. The molecule has 3 rings (SSSR count). The minimum Gasteiger partial charge on any atom is -0.495 e. The van der Waals surface area contributed by atoms with E-state index in [4.69, 9.17) is 4.74 Å². The molecule has 2 fully saturated rings. The third kappa shape index (κ3) is 4.43. The number of aryl methyl sites for hydroxylation is 1. The van der Waals surface area contributed by atoms with Crippen molar-refractivity contribution in [1.82, 2.24) is 10.6 Å². The van der Waals surface area contributed by atoms with Gasteiger partial charge in [-0.05, 0) is 50.7 Å². The molecule has 28 heavy (non-hydrogen) atoms. The van der Waals surface area contributed by atoms with Gasteiger partial charge < -0.3 is 15.4 Å². The standard InChI is InChI=1S/C20H27F3N2O2S/c1-11-10-13(20(21,22)23)18(28)17(27-2)16(11)19(26)25-15-9-5-8-14(15)24-12-6-3-4-7-12/h10,12,14-15,24,28H,3-9H2,1-2H3,(H,25,26). The Kier molecular flexibility index (Phi) is 6.49. The average Bonchev–Trinajstić information content (AvgIpc) is 3.28. The van der Waals surface area contributed by atoms with E-state index in [0.29, 0.717) is 6.04 Å². The van der Waals surface area contributed by atoms with Crippen molar-refractivity contribution in [3.63, 3.8) is 0 Å². The van der Waals surface area contributed by atoms with Gasteiger partial charge in [-0.2, -0.15) is 13.2 Å². The van der Waals surface area contributed by atoms with Gasteiger partial charge in [0.15, 0.2) is 0 Å². The van der Waals surface area contributed by atoms with Crippen molar-refractivity contribution >= 4 is 18.5 Å². The van der Waals surface area contributed by atoms with Crippen molar-refractivity contribution in [2.24, 2.45) is 0 Å². The van der Waals surface area contributed by atoms with Crippen LogP contribution >= 0.6 is 12.6 Å². The lowest BCUT2D eigenvalue weighted by molar-refractivity contribution is -0.139. The Balaban J connectivity index is 1.81. The van der Waals surface area contributed by atoms with Crippen LogP contribution in [0.4, 0.5) is 13.2 Å². The molecule has 2 saturated carbocycles. The second kappa shape index (κ2) is 8.53. The van der Waals surface area contributed by atoms with E-state index in [2.05, 4.69) is 23.3 Å². The predicted molar refractivity (Wildman–Crippen MR) is 104 cm³/mol. The van der Waals surface area contributed by atoms with Crippen LogP contribution in [0.2, 0.25) is 0 Å². The molecule has 2 N–H and O–H groups in total. The highest BCUT2D eigenvalue weighted by atomic mass is 32.1. The monoisotopic (exact) mass is 416 g/mol. The van der Waals surface area contributed by atoms with E-state index < -0.39 is 17.6 Å². The van der Waals surface area contributed by atoms with E-state index in [9.17, 15) is 18.0 Å². The maximum absolute atomic E-state index is 13.2. The summed E-state index contributed by atoms with van der Waals surface area (Å²) >= 11 is 4.00. The van der Waals surface area contributed by atoms with E-state index in [-0.39, 0.29) is 33.9 Å². The average molecular weight is 417 g/mol. The lowest BCUT2D eigenvalue weighted by atomic mass is 10.0. The number of alkyl halides is 3. The van der Waals surface area contributed by atoms with Crippen molar-refractivity contribution in [1.29, 1.82) is 0 Å². The number of nitrogens with one attached hydrogen (secondary N) is 2. The Labute approximate surface area is 169 Å². The second-order valence-electron chi connectivity index (χ2n) is 7.76. The van der Waals surface area contributed by atoms with Crippen molar-refractivity contribution in [2.75, 3.05) is 7.11 Å². The molecule has 8 heteroatoms. The van der Waals surface area contributed by atoms with Crippen LogP contribution in [0.25, 0.3) is 0 Å². The maximum Gasteiger partial charge on any atom is 0.417 e. The Hall–Kier alpha value is -1.41. The minimum absolute atomic E-state index is 0.0390. The van der Waals surface area contributed by atoms with E-state index in [1.54, 1.807) is 0 Å². The Morgan fingerprint density at radius 2 is 1.79 bits per heavy atom. The van der Waals surface area contributed by atoms with Gasteiger partial charge in [0.1, 0.15) is 5.75 Å². The van der Waals surface area contributed by atoms with Crippen molar-refractivity contribution in [3.05, 3.63) is 22.8 Å². The number of ether oxygens (including phenoxy) is 1. The van der Waals surface area contributed by atoms with Crippen molar-refractivity contribution < 1.29 is 22.7 Å². The summed E-state index contributed by atoms with van der Waals surface area (Å²) in [6.07, 6.45) is 3.07. The number of rotatable bonds is 5. The zero-order valence-electron chi connectivity index (χ0n) is 16.2. The number of carbonyl (C=O) groups is 1. The molecule has 1 aromatic rings. The number of hydrogen-bond acceptors (Lipinski definition) is 4. The van der Waals surface area contributed by atoms with Gasteiger partial charge >= 0.3 is 6.18 Å². The summed E-state index contributed by atoms with van der Waals surface area (Å²) in [5.74, 6) is -0.546. The summed E-state index contributed by atoms with van der Waals surface area (Å²) < 4.78 is 44.9. The van der Waals surface area contributed by atoms with E-state index in [0.717, 1.165) is 38.2 Å². The fourth-order valence-corrected chi connectivity index (χ4v) is 4.84. The number of halogens is 3. The topological polar surface area (TPSA) is 50.4 Å². The van der Waals surface area contributed by atoms with Crippen LogP contribution in [-0.4, -0.2) is 31.1 Å². The highest BCUT2D eigenvalue weighted by molar-refractivity contribution is 7.80. The summed E-state index contributed by atoms with van der Waals surface area (Å²) in [6.45, 7) is 1.49. The Bertz CT molecular complexity index is 733. The predicted octanol–water partition coefficient (Wildman–Crippen LogP) is 4.49. The lowest BCUT2D eigenvalue weighted by Gasteiger charge is -2.26. The summed E-state index contributed by atoms with van der Waals surface area (Å²) in [7, 11) is 1.26. The molecule has 0 saturated heterocycles. The molecule has 0 radical (unpaired) electrons. The first-order valence-electron chi connectivity index (χ1n) is 9.77. The Morgan fingerprint density at radius 3 is 2.39 bits per heavy atom. The van der Waals surface area contributed by atoms with Crippen molar-refractivity contribution in [3.8, 4) is 5.75 Å². The minimum atomic E-state index is -4.56. The van der Waals surface area contributed by atoms with Gasteiger partial charge in [0, 0.05) is 18.1 Å². The molecule has 0 aromatic heterocycles. The van der Waals surface area contributed by atoms with Crippen molar-refractivity contribution in [2.45, 2.75) is 81.1 Å². The van der Waals surface area contributed by atoms with Crippen LogP contribution in [-0.2, 0) is 6.18 Å². The van der Waals surface area contributed by atoms with Crippen LogP contribution in [0, 0.1) is 6.92 Å². The highest BCUT2D eigenvalue weighted by Gasteiger charge is 2.37. The molecule has 2 aliphatic rings.